The summed E-state index contributed by atoms with van der Waals surface area (Å²) >= 11 is 19.2. The van der Waals surface area contributed by atoms with E-state index in [1.165, 1.54) is 11.3 Å². The lowest BCUT2D eigenvalue weighted by atomic mass is 10.2. The molecule has 2 nitrogen and oxygen atoms in total. The van der Waals surface area contributed by atoms with Crippen molar-refractivity contribution in [2.24, 2.45) is 0 Å². The lowest BCUT2D eigenvalue weighted by molar-refractivity contribution is 0.260. The average molecular weight is 324 g/mol. The molecular weight excluding hydrogens is 315 g/mol. The van der Waals surface area contributed by atoms with Crippen molar-refractivity contribution in [3.05, 3.63) is 49.1 Å². The predicted molar refractivity (Wildman–Crippen MR) is 76.0 cm³/mol. The summed E-state index contributed by atoms with van der Waals surface area (Å²) in [6, 6.07) is 6.90. The summed E-state index contributed by atoms with van der Waals surface area (Å²) in [5, 5.41) is 10.1. The van der Waals surface area contributed by atoms with Crippen LogP contribution < -0.4 is 4.74 Å². The van der Waals surface area contributed by atoms with Crippen molar-refractivity contribution in [3.63, 3.8) is 0 Å². The first-order valence-electron chi connectivity index (χ1n) is 5.06. The number of thiophene rings is 1. The van der Waals surface area contributed by atoms with Crippen LogP contribution in [0.3, 0.4) is 0 Å². The summed E-state index contributed by atoms with van der Waals surface area (Å²) in [6.45, 7) is 0.173. The molecule has 0 atom stereocenters. The van der Waals surface area contributed by atoms with E-state index < -0.39 is 0 Å². The number of aliphatic hydroxyl groups is 1. The van der Waals surface area contributed by atoms with Gasteiger partial charge in [0, 0.05) is 15.5 Å². The first-order chi connectivity index (χ1) is 8.60. The fourth-order valence-corrected chi connectivity index (χ4v) is 3.06. The molecule has 96 valence electrons. The molecule has 2 aromatic rings. The number of hydrogen-bond acceptors (Lipinski definition) is 3. The number of aliphatic hydroxyl groups excluding tert-OH is 1. The highest BCUT2D eigenvalue weighted by atomic mass is 35.5. The SMILES string of the molecule is OCc1cc(Cl)cc(Cl)c1OCc1ccc(Cl)s1. The highest BCUT2D eigenvalue weighted by Gasteiger charge is 2.11. The first-order valence-corrected chi connectivity index (χ1v) is 7.01. The molecule has 0 saturated heterocycles. The quantitative estimate of drug-likeness (QED) is 0.877. The molecule has 0 bridgehead atoms. The lowest BCUT2D eigenvalue weighted by Crippen LogP contribution is -1.98. The van der Waals surface area contributed by atoms with Crippen LogP contribution in [-0.4, -0.2) is 5.11 Å². The molecular formula is C12H9Cl3O2S. The first kappa shape index (κ1) is 14.0. The number of ether oxygens (including phenoxy) is 1. The molecule has 18 heavy (non-hydrogen) atoms. The minimum Gasteiger partial charge on any atom is -0.486 e. The Balaban J connectivity index is 2.18. The normalized spacial score (nSPS) is 10.7. The predicted octanol–water partition coefficient (Wildman–Crippen LogP) is 4.78. The maximum Gasteiger partial charge on any atom is 0.144 e. The fraction of sp³-hybridized carbons (Fsp3) is 0.167. The van der Waals surface area contributed by atoms with Gasteiger partial charge in [-0.1, -0.05) is 34.8 Å². The minimum absolute atomic E-state index is 0.180. The van der Waals surface area contributed by atoms with Crippen LogP contribution in [-0.2, 0) is 13.2 Å². The Morgan fingerprint density at radius 3 is 2.56 bits per heavy atom. The summed E-state index contributed by atoms with van der Waals surface area (Å²) in [6.07, 6.45) is 0. The number of benzene rings is 1. The van der Waals surface area contributed by atoms with E-state index in [-0.39, 0.29) is 6.61 Å². The van der Waals surface area contributed by atoms with Crippen molar-refractivity contribution in [2.75, 3.05) is 0 Å². The maximum absolute atomic E-state index is 9.25. The lowest BCUT2D eigenvalue weighted by Gasteiger charge is -2.11. The second kappa shape index (κ2) is 6.13. The van der Waals surface area contributed by atoms with Gasteiger partial charge < -0.3 is 9.84 Å². The number of halogens is 3. The zero-order valence-corrected chi connectivity index (χ0v) is 12.2. The molecule has 2 rings (SSSR count). The Labute approximate surface area is 124 Å². The van der Waals surface area contributed by atoms with E-state index >= 15 is 0 Å². The number of hydrogen-bond donors (Lipinski definition) is 1. The molecule has 0 amide bonds. The zero-order chi connectivity index (χ0) is 13.1. The molecule has 1 aromatic heterocycles. The van der Waals surface area contributed by atoms with Crippen LogP contribution in [0.5, 0.6) is 5.75 Å². The molecule has 1 aromatic carbocycles. The maximum atomic E-state index is 9.25. The van der Waals surface area contributed by atoms with Gasteiger partial charge in [-0.05, 0) is 24.3 Å². The summed E-state index contributed by atoms with van der Waals surface area (Å²) in [5.41, 5.74) is 0.565. The van der Waals surface area contributed by atoms with Gasteiger partial charge in [-0.2, -0.15) is 0 Å². The van der Waals surface area contributed by atoms with Gasteiger partial charge in [0.2, 0.25) is 0 Å². The molecule has 0 aliphatic heterocycles. The van der Waals surface area contributed by atoms with Crippen molar-refractivity contribution in [3.8, 4) is 5.75 Å². The average Bonchev–Trinajstić information content (AvgIpc) is 2.73. The molecule has 0 fully saturated rings. The Bertz CT molecular complexity index is 554. The summed E-state index contributed by atoms with van der Waals surface area (Å²) in [5.74, 6) is 0.452. The molecule has 6 heteroatoms. The van der Waals surface area contributed by atoms with Gasteiger partial charge in [-0.3, -0.25) is 0 Å². The van der Waals surface area contributed by atoms with Crippen LogP contribution in [0, 0.1) is 0 Å². The molecule has 0 aliphatic carbocycles. The van der Waals surface area contributed by atoms with Gasteiger partial charge in [0.1, 0.15) is 12.4 Å². The molecule has 0 aliphatic rings. The third kappa shape index (κ3) is 3.31. The topological polar surface area (TPSA) is 29.5 Å². The Morgan fingerprint density at radius 2 is 1.94 bits per heavy atom. The molecule has 1 heterocycles. The highest BCUT2D eigenvalue weighted by molar-refractivity contribution is 7.16. The van der Waals surface area contributed by atoms with E-state index in [1.54, 1.807) is 18.2 Å². The van der Waals surface area contributed by atoms with E-state index in [4.69, 9.17) is 39.5 Å². The summed E-state index contributed by atoms with van der Waals surface area (Å²) in [7, 11) is 0. The fourth-order valence-electron chi connectivity index (χ4n) is 1.47. The van der Waals surface area contributed by atoms with Gasteiger partial charge in [0.15, 0.2) is 0 Å². The van der Waals surface area contributed by atoms with E-state index in [2.05, 4.69) is 0 Å². The van der Waals surface area contributed by atoms with Gasteiger partial charge in [-0.25, -0.2) is 0 Å². The molecule has 0 unspecified atom stereocenters. The van der Waals surface area contributed by atoms with E-state index in [1.807, 2.05) is 6.07 Å². The van der Waals surface area contributed by atoms with Gasteiger partial charge in [-0.15, -0.1) is 11.3 Å². The molecule has 0 spiro atoms. The summed E-state index contributed by atoms with van der Waals surface area (Å²) in [4.78, 5) is 0.981. The van der Waals surface area contributed by atoms with E-state index in [9.17, 15) is 5.11 Å². The second-order valence-corrected chi connectivity index (χ2v) is 6.17. The van der Waals surface area contributed by atoms with Gasteiger partial charge in [0.05, 0.1) is 16.0 Å². The molecule has 1 N–H and O–H groups in total. The van der Waals surface area contributed by atoms with Crippen molar-refractivity contribution in [1.29, 1.82) is 0 Å². The monoisotopic (exact) mass is 322 g/mol. The third-order valence-corrected chi connectivity index (χ3v) is 3.95. The molecule has 0 saturated carbocycles. The second-order valence-electron chi connectivity index (χ2n) is 3.53. The smallest absolute Gasteiger partial charge is 0.144 e. The van der Waals surface area contributed by atoms with E-state index in [0.29, 0.717) is 32.3 Å². The molecule has 0 radical (unpaired) electrons. The standard InChI is InChI=1S/C12H9Cl3O2S/c13-8-3-7(5-16)12(10(14)4-8)17-6-9-1-2-11(15)18-9/h1-4,16H,5-6H2. The van der Waals surface area contributed by atoms with Crippen molar-refractivity contribution < 1.29 is 9.84 Å². The van der Waals surface area contributed by atoms with Crippen molar-refractivity contribution in [2.45, 2.75) is 13.2 Å². The van der Waals surface area contributed by atoms with Crippen LogP contribution in [0.25, 0.3) is 0 Å². The van der Waals surface area contributed by atoms with Crippen molar-refractivity contribution >= 4 is 46.1 Å². The van der Waals surface area contributed by atoms with Crippen molar-refractivity contribution in [1.82, 2.24) is 0 Å². The van der Waals surface area contributed by atoms with Crippen LogP contribution in [0.4, 0.5) is 0 Å². The Hall–Kier alpha value is -0.450. The largest absolute Gasteiger partial charge is 0.486 e. The highest BCUT2D eigenvalue weighted by Crippen LogP contribution is 2.33. The van der Waals surface area contributed by atoms with Crippen LogP contribution in [0.1, 0.15) is 10.4 Å². The van der Waals surface area contributed by atoms with Crippen LogP contribution >= 0.6 is 46.1 Å². The zero-order valence-electron chi connectivity index (χ0n) is 9.12. The van der Waals surface area contributed by atoms with E-state index in [0.717, 1.165) is 4.88 Å². The van der Waals surface area contributed by atoms with Crippen LogP contribution in [0.15, 0.2) is 24.3 Å². The summed E-state index contributed by atoms with van der Waals surface area (Å²) < 4.78 is 6.32. The number of rotatable bonds is 4. The Kier molecular flexibility index (Phi) is 4.76. The minimum atomic E-state index is -0.180. The van der Waals surface area contributed by atoms with Gasteiger partial charge in [0.25, 0.3) is 0 Å². The van der Waals surface area contributed by atoms with Gasteiger partial charge >= 0.3 is 0 Å². The van der Waals surface area contributed by atoms with Crippen LogP contribution in [0.2, 0.25) is 14.4 Å². The third-order valence-electron chi connectivity index (χ3n) is 2.24. The Morgan fingerprint density at radius 1 is 1.17 bits per heavy atom.